The first-order chi connectivity index (χ1) is 15.1. The largest absolute Gasteiger partial charge is 0.444 e. The lowest BCUT2D eigenvalue weighted by molar-refractivity contribution is 0.0523. The highest BCUT2D eigenvalue weighted by molar-refractivity contribution is 5.97. The van der Waals surface area contributed by atoms with E-state index >= 15 is 0 Å². The Labute approximate surface area is 190 Å². The van der Waals surface area contributed by atoms with Crippen molar-refractivity contribution in [1.29, 1.82) is 0 Å². The average molecular weight is 435 g/mol. The Morgan fingerprint density at radius 1 is 1.12 bits per heavy atom. The molecule has 0 radical (unpaired) electrons. The number of aliphatic hydroxyl groups excluding tert-OH is 1. The summed E-state index contributed by atoms with van der Waals surface area (Å²) in [5, 5.41) is 13.6. The van der Waals surface area contributed by atoms with Gasteiger partial charge in [0.15, 0.2) is 0 Å². The number of amides is 1. The highest BCUT2D eigenvalue weighted by Crippen LogP contribution is 2.35. The van der Waals surface area contributed by atoms with Crippen molar-refractivity contribution < 1.29 is 14.6 Å². The van der Waals surface area contributed by atoms with Gasteiger partial charge in [-0.25, -0.2) is 4.79 Å². The number of nitrogens with one attached hydrogen (secondary N) is 1. The molecule has 0 aliphatic heterocycles. The summed E-state index contributed by atoms with van der Waals surface area (Å²) in [6.45, 7) is 12.2. The van der Waals surface area contributed by atoms with Crippen molar-refractivity contribution >= 4 is 17.0 Å². The van der Waals surface area contributed by atoms with Crippen LogP contribution < -0.4 is 5.32 Å². The van der Waals surface area contributed by atoms with Crippen LogP contribution in [-0.2, 0) is 24.3 Å². The number of ether oxygens (including phenoxy) is 1. The third-order valence-electron chi connectivity index (χ3n) is 5.17. The summed E-state index contributed by atoms with van der Waals surface area (Å²) in [5.41, 5.74) is 6.37. The quantitative estimate of drug-likeness (QED) is 0.505. The number of nitrogens with zero attached hydrogens (tertiary/aromatic N) is 1. The number of pyridine rings is 1. The molecule has 2 N–H and O–H groups in total. The number of rotatable bonds is 6. The van der Waals surface area contributed by atoms with Crippen molar-refractivity contribution in [3.05, 3.63) is 64.8 Å². The summed E-state index contributed by atoms with van der Waals surface area (Å²) < 4.78 is 5.46. The summed E-state index contributed by atoms with van der Waals surface area (Å²) in [6.07, 6.45) is 0.342. The van der Waals surface area contributed by atoms with E-state index in [1.54, 1.807) is 0 Å². The van der Waals surface area contributed by atoms with E-state index in [2.05, 4.69) is 50.4 Å². The number of hydrogen-bond acceptors (Lipinski definition) is 4. The van der Waals surface area contributed by atoms with Crippen molar-refractivity contribution in [2.45, 2.75) is 66.7 Å². The van der Waals surface area contributed by atoms with E-state index in [0.29, 0.717) is 12.5 Å². The number of hydrogen-bond donors (Lipinski definition) is 2. The predicted molar refractivity (Wildman–Crippen MR) is 129 cm³/mol. The summed E-state index contributed by atoms with van der Waals surface area (Å²) in [7, 11) is 0. The number of carbonyl (C=O) groups excluding carboxylic acids is 1. The van der Waals surface area contributed by atoms with Crippen LogP contribution in [-0.4, -0.2) is 21.8 Å². The Balaban J connectivity index is 2.20. The molecule has 5 heteroatoms. The molecule has 1 heterocycles. The van der Waals surface area contributed by atoms with Crippen LogP contribution in [0.2, 0.25) is 0 Å². The molecule has 2 aromatic carbocycles. The van der Waals surface area contributed by atoms with E-state index in [-0.39, 0.29) is 6.61 Å². The minimum atomic E-state index is -0.567. The van der Waals surface area contributed by atoms with Gasteiger partial charge in [0.05, 0.1) is 12.1 Å². The minimum Gasteiger partial charge on any atom is -0.444 e. The molecule has 32 heavy (non-hydrogen) atoms. The number of fused-ring (bicyclic) bond motifs is 1. The SMILES string of the molecule is Cc1ccc(-c2c(CNC(=O)OC(C)(C)C)c(CC(C)C)nc3ccc(CO)cc23)cc1. The molecule has 170 valence electrons. The number of aryl methyl sites for hydroxylation is 1. The minimum absolute atomic E-state index is 0.0392. The standard InChI is InChI=1S/C27H34N2O3/c1-17(2)13-24-22(15-28-26(31)32-27(4,5)6)25(20-10-7-18(3)8-11-20)21-14-19(16-30)9-12-23(21)29-24/h7-12,14,17,30H,13,15-16H2,1-6H3,(H,28,31). The van der Waals surface area contributed by atoms with E-state index in [0.717, 1.165) is 45.3 Å². The average Bonchev–Trinajstić information content (AvgIpc) is 2.70. The van der Waals surface area contributed by atoms with Gasteiger partial charge in [-0.05, 0) is 68.9 Å². The molecular weight excluding hydrogens is 400 g/mol. The van der Waals surface area contributed by atoms with Crippen molar-refractivity contribution in [1.82, 2.24) is 10.3 Å². The number of carbonyl (C=O) groups is 1. The summed E-state index contributed by atoms with van der Waals surface area (Å²) in [5.74, 6) is 0.405. The molecule has 1 aromatic heterocycles. The fourth-order valence-electron chi connectivity index (χ4n) is 3.77. The van der Waals surface area contributed by atoms with E-state index < -0.39 is 11.7 Å². The molecular formula is C27H34N2O3. The second-order valence-corrected chi connectivity index (χ2v) is 9.74. The van der Waals surface area contributed by atoms with Crippen LogP contribution >= 0.6 is 0 Å². The molecule has 1 amide bonds. The van der Waals surface area contributed by atoms with Gasteiger partial charge in [-0.3, -0.25) is 4.98 Å². The Bertz CT molecular complexity index is 1100. The van der Waals surface area contributed by atoms with Crippen molar-refractivity contribution in [2.24, 2.45) is 5.92 Å². The second kappa shape index (κ2) is 9.70. The van der Waals surface area contributed by atoms with Crippen molar-refractivity contribution in [2.75, 3.05) is 0 Å². The van der Waals surface area contributed by atoms with Gasteiger partial charge in [0.2, 0.25) is 0 Å². The fraction of sp³-hybridized carbons (Fsp3) is 0.407. The second-order valence-electron chi connectivity index (χ2n) is 9.74. The maximum atomic E-state index is 12.4. The van der Waals surface area contributed by atoms with Crippen molar-refractivity contribution in [3.8, 4) is 11.1 Å². The zero-order chi connectivity index (χ0) is 23.5. The van der Waals surface area contributed by atoms with Crippen LogP contribution in [0.5, 0.6) is 0 Å². The molecule has 0 saturated heterocycles. The molecule has 0 unspecified atom stereocenters. The molecule has 3 rings (SSSR count). The van der Waals surface area contributed by atoms with Gasteiger partial charge in [-0.2, -0.15) is 0 Å². The summed E-state index contributed by atoms with van der Waals surface area (Å²) in [4.78, 5) is 17.4. The lowest BCUT2D eigenvalue weighted by Gasteiger charge is -2.22. The summed E-state index contributed by atoms with van der Waals surface area (Å²) in [6, 6.07) is 14.3. The molecule has 0 bridgehead atoms. The van der Waals surface area contributed by atoms with E-state index in [9.17, 15) is 9.90 Å². The van der Waals surface area contributed by atoms with E-state index in [1.165, 1.54) is 5.56 Å². The number of aromatic nitrogens is 1. The van der Waals surface area contributed by atoms with Gasteiger partial charge < -0.3 is 15.2 Å². The lowest BCUT2D eigenvalue weighted by atomic mass is 9.90. The molecule has 3 aromatic rings. The maximum absolute atomic E-state index is 12.4. The van der Waals surface area contributed by atoms with E-state index in [4.69, 9.17) is 9.72 Å². The van der Waals surface area contributed by atoms with Gasteiger partial charge in [0, 0.05) is 23.2 Å². The van der Waals surface area contributed by atoms with E-state index in [1.807, 2.05) is 39.0 Å². The zero-order valence-corrected chi connectivity index (χ0v) is 20.0. The Kier molecular flexibility index (Phi) is 7.19. The fourth-order valence-corrected chi connectivity index (χ4v) is 3.77. The molecule has 0 saturated carbocycles. The molecule has 0 aliphatic rings. The van der Waals surface area contributed by atoms with Gasteiger partial charge in [0.25, 0.3) is 0 Å². The van der Waals surface area contributed by atoms with Crippen LogP contribution in [0.3, 0.4) is 0 Å². The predicted octanol–water partition coefficient (Wildman–Crippen LogP) is 5.93. The third kappa shape index (κ3) is 5.86. The lowest BCUT2D eigenvalue weighted by Crippen LogP contribution is -2.32. The third-order valence-corrected chi connectivity index (χ3v) is 5.17. The number of aliphatic hydroxyl groups is 1. The monoisotopic (exact) mass is 434 g/mol. The Morgan fingerprint density at radius 2 is 1.81 bits per heavy atom. The van der Waals surface area contributed by atoms with Crippen molar-refractivity contribution in [3.63, 3.8) is 0 Å². The Morgan fingerprint density at radius 3 is 2.41 bits per heavy atom. The highest BCUT2D eigenvalue weighted by Gasteiger charge is 2.21. The molecule has 0 spiro atoms. The molecule has 0 fully saturated rings. The van der Waals surface area contributed by atoms with Gasteiger partial charge in [-0.15, -0.1) is 0 Å². The van der Waals surface area contributed by atoms with Gasteiger partial charge >= 0.3 is 6.09 Å². The first-order valence-corrected chi connectivity index (χ1v) is 11.2. The van der Waals surface area contributed by atoms with Crippen LogP contribution in [0.1, 0.15) is 57.0 Å². The first kappa shape index (κ1) is 23.7. The number of benzene rings is 2. The van der Waals surface area contributed by atoms with Crippen LogP contribution in [0.15, 0.2) is 42.5 Å². The molecule has 0 atom stereocenters. The number of alkyl carbamates (subject to hydrolysis) is 1. The maximum Gasteiger partial charge on any atom is 0.407 e. The molecule has 5 nitrogen and oxygen atoms in total. The van der Waals surface area contributed by atoms with Gasteiger partial charge in [-0.1, -0.05) is 49.7 Å². The smallest absolute Gasteiger partial charge is 0.407 e. The van der Waals surface area contributed by atoms with Crippen LogP contribution in [0, 0.1) is 12.8 Å². The van der Waals surface area contributed by atoms with Crippen LogP contribution in [0.25, 0.3) is 22.0 Å². The topological polar surface area (TPSA) is 71.5 Å². The molecule has 0 aliphatic carbocycles. The van der Waals surface area contributed by atoms with Gasteiger partial charge in [0.1, 0.15) is 5.60 Å². The normalized spacial score (nSPS) is 11.8. The summed E-state index contributed by atoms with van der Waals surface area (Å²) >= 11 is 0. The highest BCUT2D eigenvalue weighted by atomic mass is 16.6. The first-order valence-electron chi connectivity index (χ1n) is 11.2. The zero-order valence-electron chi connectivity index (χ0n) is 20.0. The van der Waals surface area contributed by atoms with Crippen LogP contribution in [0.4, 0.5) is 4.79 Å². The Hall–Kier alpha value is -2.92.